The maximum atomic E-state index is 5.69. The summed E-state index contributed by atoms with van der Waals surface area (Å²) >= 11 is 0. The molecule has 20 heavy (non-hydrogen) atoms. The molecule has 4 nitrogen and oxygen atoms in total. The summed E-state index contributed by atoms with van der Waals surface area (Å²) in [7, 11) is 2.25. The van der Waals surface area contributed by atoms with E-state index >= 15 is 0 Å². The standard InChI is InChI=1S/C16H32N2O2/c1-14(2)17-11-16(6-8-20-13-16)12-18(3)9-15-5-4-7-19-10-15/h14-15,17H,4-13H2,1-3H3. The van der Waals surface area contributed by atoms with Gasteiger partial charge in [-0.25, -0.2) is 0 Å². The minimum atomic E-state index is 0.300. The second-order valence-corrected chi connectivity index (χ2v) is 7.12. The first-order chi connectivity index (χ1) is 9.60. The summed E-state index contributed by atoms with van der Waals surface area (Å²) in [6.45, 7) is 11.5. The Bertz CT molecular complexity index is 272. The van der Waals surface area contributed by atoms with Crippen LogP contribution in [-0.2, 0) is 9.47 Å². The fourth-order valence-corrected chi connectivity index (χ4v) is 3.42. The molecule has 2 unspecified atom stereocenters. The van der Waals surface area contributed by atoms with E-state index in [4.69, 9.17) is 9.47 Å². The summed E-state index contributed by atoms with van der Waals surface area (Å²) in [5, 5.41) is 3.61. The van der Waals surface area contributed by atoms with Crippen molar-refractivity contribution in [3.63, 3.8) is 0 Å². The highest BCUT2D eigenvalue weighted by Crippen LogP contribution is 2.29. The van der Waals surface area contributed by atoms with E-state index in [0.717, 1.165) is 46.1 Å². The maximum absolute atomic E-state index is 5.69. The van der Waals surface area contributed by atoms with Gasteiger partial charge in [-0.05, 0) is 32.2 Å². The van der Waals surface area contributed by atoms with Gasteiger partial charge in [-0.15, -0.1) is 0 Å². The monoisotopic (exact) mass is 284 g/mol. The van der Waals surface area contributed by atoms with Crippen LogP contribution in [0.15, 0.2) is 0 Å². The third-order valence-electron chi connectivity index (χ3n) is 4.50. The van der Waals surface area contributed by atoms with Gasteiger partial charge in [0, 0.05) is 44.3 Å². The molecule has 2 aliphatic rings. The second kappa shape index (κ2) is 7.74. The molecule has 2 aliphatic heterocycles. The summed E-state index contributed by atoms with van der Waals surface area (Å²) < 4.78 is 11.3. The van der Waals surface area contributed by atoms with Crippen LogP contribution in [-0.4, -0.2) is 64.1 Å². The van der Waals surface area contributed by atoms with Crippen LogP contribution in [0.2, 0.25) is 0 Å². The van der Waals surface area contributed by atoms with Crippen LogP contribution in [0.1, 0.15) is 33.1 Å². The third-order valence-corrected chi connectivity index (χ3v) is 4.50. The predicted molar refractivity (Wildman–Crippen MR) is 82.0 cm³/mol. The van der Waals surface area contributed by atoms with Crippen molar-refractivity contribution in [2.24, 2.45) is 11.3 Å². The van der Waals surface area contributed by atoms with Gasteiger partial charge >= 0.3 is 0 Å². The Morgan fingerprint density at radius 1 is 1.30 bits per heavy atom. The third kappa shape index (κ3) is 4.99. The SMILES string of the molecule is CC(C)NCC1(CN(C)CC2CCCOC2)CCOC1. The number of nitrogens with zero attached hydrogens (tertiary/aromatic N) is 1. The average Bonchev–Trinajstić information content (AvgIpc) is 2.86. The molecule has 0 spiro atoms. The Labute approximate surface area is 124 Å². The van der Waals surface area contributed by atoms with Crippen LogP contribution >= 0.6 is 0 Å². The Hall–Kier alpha value is -0.160. The van der Waals surface area contributed by atoms with Gasteiger partial charge in [0.15, 0.2) is 0 Å². The van der Waals surface area contributed by atoms with Gasteiger partial charge in [-0.2, -0.15) is 0 Å². The molecule has 2 fully saturated rings. The largest absolute Gasteiger partial charge is 0.381 e. The molecule has 0 aromatic carbocycles. The average molecular weight is 284 g/mol. The molecule has 2 heterocycles. The van der Waals surface area contributed by atoms with E-state index in [-0.39, 0.29) is 0 Å². The highest BCUT2D eigenvalue weighted by atomic mass is 16.5. The molecular formula is C16H32N2O2. The lowest BCUT2D eigenvalue weighted by atomic mass is 9.86. The van der Waals surface area contributed by atoms with Crippen molar-refractivity contribution in [1.82, 2.24) is 10.2 Å². The molecule has 4 heteroatoms. The Balaban J connectivity index is 1.80. The van der Waals surface area contributed by atoms with Crippen molar-refractivity contribution in [2.45, 2.75) is 39.2 Å². The molecular weight excluding hydrogens is 252 g/mol. The molecule has 0 saturated carbocycles. The molecule has 0 aliphatic carbocycles. The first-order valence-corrected chi connectivity index (χ1v) is 8.17. The summed E-state index contributed by atoms with van der Waals surface area (Å²) in [6.07, 6.45) is 3.72. The lowest BCUT2D eigenvalue weighted by Gasteiger charge is -2.35. The zero-order valence-corrected chi connectivity index (χ0v) is 13.5. The van der Waals surface area contributed by atoms with E-state index < -0.39 is 0 Å². The summed E-state index contributed by atoms with van der Waals surface area (Å²) in [5.74, 6) is 0.714. The predicted octanol–water partition coefficient (Wildman–Crippen LogP) is 1.75. The zero-order chi connectivity index (χ0) is 14.4. The lowest BCUT2D eigenvalue weighted by Crippen LogP contribution is -2.46. The minimum absolute atomic E-state index is 0.300. The van der Waals surface area contributed by atoms with Gasteiger partial charge in [0.25, 0.3) is 0 Å². The van der Waals surface area contributed by atoms with E-state index in [9.17, 15) is 0 Å². The Morgan fingerprint density at radius 2 is 2.15 bits per heavy atom. The molecule has 0 bridgehead atoms. The molecule has 2 saturated heterocycles. The molecule has 0 aromatic heterocycles. The van der Waals surface area contributed by atoms with Gasteiger partial charge in [0.05, 0.1) is 13.2 Å². The zero-order valence-electron chi connectivity index (χ0n) is 13.5. The van der Waals surface area contributed by atoms with Crippen LogP contribution in [0.3, 0.4) is 0 Å². The van der Waals surface area contributed by atoms with Gasteiger partial charge in [-0.1, -0.05) is 13.8 Å². The summed E-state index contributed by atoms with van der Waals surface area (Å²) in [5.41, 5.74) is 0.300. The Kier molecular flexibility index (Phi) is 6.27. The highest BCUT2D eigenvalue weighted by molar-refractivity contribution is 4.89. The first-order valence-electron chi connectivity index (χ1n) is 8.17. The first kappa shape index (κ1) is 16.2. The van der Waals surface area contributed by atoms with Crippen molar-refractivity contribution in [1.29, 1.82) is 0 Å². The summed E-state index contributed by atoms with van der Waals surface area (Å²) in [4.78, 5) is 2.50. The van der Waals surface area contributed by atoms with E-state index in [2.05, 4.69) is 31.1 Å². The number of nitrogens with one attached hydrogen (secondary N) is 1. The van der Waals surface area contributed by atoms with E-state index in [0.29, 0.717) is 17.4 Å². The summed E-state index contributed by atoms with van der Waals surface area (Å²) in [6, 6.07) is 0.546. The molecule has 0 amide bonds. The smallest absolute Gasteiger partial charge is 0.0547 e. The fraction of sp³-hybridized carbons (Fsp3) is 1.00. The lowest BCUT2D eigenvalue weighted by molar-refractivity contribution is 0.0337. The number of ether oxygens (including phenoxy) is 2. The van der Waals surface area contributed by atoms with Gasteiger partial charge in [-0.3, -0.25) is 0 Å². The molecule has 0 radical (unpaired) electrons. The topological polar surface area (TPSA) is 33.7 Å². The number of rotatable bonds is 7. The van der Waals surface area contributed by atoms with Crippen LogP contribution in [0.25, 0.3) is 0 Å². The quantitative estimate of drug-likeness (QED) is 0.772. The normalized spacial score (nSPS) is 31.4. The van der Waals surface area contributed by atoms with Crippen molar-refractivity contribution in [3.05, 3.63) is 0 Å². The molecule has 1 N–H and O–H groups in total. The van der Waals surface area contributed by atoms with Gasteiger partial charge in [0.1, 0.15) is 0 Å². The van der Waals surface area contributed by atoms with Crippen molar-refractivity contribution in [3.8, 4) is 0 Å². The molecule has 2 atom stereocenters. The van der Waals surface area contributed by atoms with Crippen LogP contribution in [0.5, 0.6) is 0 Å². The van der Waals surface area contributed by atoms with Crippen molar-refractivity contribution >= 4 is 0 Å². The fourth-order valence-electron chi connectivity index (χ4n) is 3.42. The van der Waals surface area contributed by atoms with E-state index in [1.165, 1.54) is 19.3 Å². The molecule has 118 valence electrons. The van der Waals surface area contributed by atoms with Crippen LogP contribution in [0, 0.1) is 11.3 Å². The molecule has 0 aromatic rings. The van der Waals surface area contributed by atoms with Crippen molar-refractivity contribution < 1.29 is 9.47 Å². The minimum Gasteiger partial charge on any atom is -0.381 e. The van der Waals surface area contributed by atoms with Crippen LogP contribution in [0.4, 0.5) is 0 Å². The van der Waals surface area contributed by atoms with Crippen LogP contribution < -0.4 is 5.32 Å². The maximum Gasteiger partial charge on any atom is 0.0547 e. The second-order valence-electron chi connectivity index (χ2n) is 7.12. The number of hydrogen-bond acceptors (Lipinski definition) is 4. The Morgan fingerprint density at radius 3 is 2.75 bits per heavy atom. The van der Waals surface area contributed by atoms with Gasteiger partial charge < -0.3 is 19.7 Å². The van der Waals surface area contributed by atoms with E-state index in [1.807, 2.05) is 0 Å². The number of hydrogen-bond donors (Lipinski definition) is 1. The highest BCUT2D eigenvalue weighted by Gasteiger charge is 2.36. The van der Waals surface area contributed by atoms with Crippen molar-refractivity contribution in [2.75, 3.05) is 53.1 Å². The molecule has 2 rings (SSSR count). The van der Waals surface area contributed by atoms with E-state index in [1.54, 1.807) is 0 Å². The van der Waals surface area contributed by atoms with Gasteiger partial charge in [0.2, 0.25) is 0 Å².